The lowest BCUT2D eigenvalue weighted by molar-refractivity contribution is -0.119. The number of nitrogen functional groups attached to an aromatic ring is 1. The van der Waals surface area contributed by atoms with Gasteiger partial charge in [0, 0.05) is 24.7 Å². The molecule has 1 saturated heterocycles. The van der Waals surface area contributed by atoms with E-state index in [4.69, 9.17) is 5.73 Å². The van der Waals surface area contributed by atoms with Crippen LogP contribution in [0.25, 0.3) is 11.0 Å². The van der Waals surface area contributed by atoms with Gasteiger partial charge in [-0.3, -0.25) is 4.79 Å². The van der Waals surface area contributed by atoms with Crippen molar-refractivity contribution >= 4 is 22.6 Å². The van der Waals surface area contributed by atoms with Crippen molar-refractivity contribution in [2.24, 2.45) is 0 Å². The summed E-state index contributed by atoms with van der Waals surface area (Å²) in [6.45, 7) is 2.31. The molecule has 1 amide bonds. The summed E-state index contributed by atoms with van der Waals surface area (Å²) >= 11 is 0. The van der Waals surface area contributed by atoms with Crippen LogP contribution in [0.4, 0.5) is 5.69 Å². The SMILES string of the molecule is CC(O)c1nc2cc(N)ccc2n1CC1CCC(=O)N1. The second kappa shape index (κ2) is 4.79. The Morgan fingerprint density at radius 1 is 1.60 bits per heavy atom. The van der Waals surface area contributed by atoms with Gasteiger partial charge < -0.3 is 20.7 Å². The first-order valence-electron chi connectivity index (χ1n) is 6.77. The lowest BCUT2D eigenvalue weighted by Gasteiger charge is -2.15. The van der Waals surface area contributed by atoms with Crippen LogP contribution in [-0.2, 0) is 11.3 Å². The predicted octanol–water partition coefficient (Wildman–Crippen LogP) is 0.950. The van der Waals surface area contributed by atoms with E-state index in [1.807, 2.05) is 16.7 Å². The minimum atomic E-state index is -0.666. The minimum absolute atomic E-state index is 0.0854. The van der Waals surface area contributed by atoms with Gasteiger partial charge in [-0.1, -0.05) is 0 Å². The monoisotopic (exact) mass is 274 g/mol. The smallest absolute Gasteiger partial charge is 0.220 e. The Kier molecular flexibility index (Phi) is 3.10. The molecule has 6 heteroatoms. The fraction of sp³-hybridized carbons (Fsp3) is 0.429. The average molecular weight is 274 g/mol. The molecule has 2 unspecified atom stereocenters. The van der Waals surface area contributed by atoms with E-state index in [0.29, 0.717) is 24.5 Å². The van der Waals surface area contributed by atoms with Crippen molar-refractivity contribution in [2.75, 3.05) is 5.73 Å². The van der Waals surface area contributed by atoms with Crippen molar-refractivity contribution < 1.29 is 9.90 Å². The molecule has 3 rings (SSSR count). The molecule has 1 aliphatic heterocycles. The van der Waals surface area contributed by atoms with Gasteiger partial charge in [-0.15, -0.1) is 0 Å². The lowest BCUT2D eigenvalue weighted by Crippen LogP contribution is -2.30. The summed E-state index contributed by atoms with van der Waals surface area (Å²) in [5.74, 6) is 0.689. The van der Waals surface area contributed by atoms with E-state index in [9.17, 15) is 9.90 Å². The predicted molar refractivity (Wildman–Crippen MR) is 75.9 cm³/mol. The van der Waals surface area contributed by atoms with Crippen molar-refractivity contribution in [3.63, 3.8) is 0 Å². The number of carbonyl (C=O) groups excluding carboxylic acids is 1. The Bertz CT molecular complexity index is 662. The van der Waals surface area contributed by atoms with Gasteiger partial charge in [0.2, 0.25) is 5.91 Å². The quantitative estimate of drug-likeness (QED) is 0.726. The second-order valence-corrected chi connectivity index (χ2v) is 5.31. The first-order chi connectivity index (χ1) is 9.54. The van der Waals surface area contributed by atoms with Crippen LogP contribution in [0.2, 0.25) is 0 Å². The minimum Gasteiger partial charge on any atom is -0.399 e. The highest BCUT2D eigenvalue weighted by molar-refractivity contribution is 5.80. The zero-order valence-electron chi connectivity index (χ0n) is 11.3. The number of aliphatic hydroxyl groups is 1. The summed E-state index contributed by atoms with van der Waals surface area (Å²) in [6, 6.07) is 5.61. The highest BCUT2D eigenvalue weighted by atomic mass is 16.3. The van der Waals surface area contributed by atoms with Crippen molar-refractivity contribution in [3.8, 4) is 0 Å². The Morgan fingerprint density at radius 3 is 3.05 bits per heavy atom. The van der Waals surface area contributed by atoms with E-state index < -0.39 is 6.10 Å². The molecule has 0 bridgehead atoms. The third-order valence-electron chi connectivity index (χ3n) is 3.66. The summed E-state index contributed by atoms with van der Waals surface area (Å²) in [6.07, 6.45) is 0.710. The molecule has 1 aromatic heterocycles. The topological polar surface area (TPSA) is 93.2 Å². The molecule has 20 heavy (non-hydrogen) atoms. The van der Waals surface area contributed by atoms with Crippen LogP contribution in [0, 0.1) is 0 Å². The number of imidazole rings is 1. The number of rotatable bonds is 3. The van der Waals surface area contributed by atoms with Crippen LogP contribution in [0.1, 0.15) is 31.7 Å². The van der Waals surface area contributed by atoms with Crippen LogP contribution in [-0.4, -0.2) is 26.6 Å². The number of nitrogens with zero attached hydrogens (tertiary/aromatic N) is 2. The maximum absolute atomic E-state index is 11.3. The van der Waals surface area contributed by atoms with E-state index in [1.165, 1.54) is 0 Å². The third-order valence-corrected chi connectivity index (χ3v) is 3.66. The molecule has 1 aromatic carbocycles. The molecular formula is C14H18N4O2. The lowest BCUT2D eigenvalue weighted by atomic mass is 10.2. The van der Waals surface area contributed by atoms with Crippen LogP contribution in [0.3, 0.4) is 0 Å². The number of anilines is 1. The number of fused-ring (bicyclic) bond motifs is 1. The highest BCUT2D eigenvalue weighted by Crippen LogP contribution is 2.24. The van der Waals surface area contributed by atoms with E-state index in [-0.39, 0.29) is 11.9 Å². The number of nitrogens with one attached hydrogen (secondary N) is 1. The van der Waals surface area contributed by atoms with Crippen molar-refractivity contribution in [1.29, 1.82) is 0 Å². The number of nitrogens with two attached hydrogens (primary N) is 1. The molecule has 106 valence electrons. The highest BCUT2D eigenvalue weighted by Gasteiger charge is 2.24. The van der Waals surface area contributed by atoms with Gasteiger partial charge in [0.25, 0.3) is 0 Å². The molecule has 1 aliphatic rings. The number of hydrogen-bond acceptors (Lipinski definition) is 4. The van der Waals surface area contributed by atoms with Crippen molar-refractivity contribution in [3.05, 3.63) is 24.0 Å². The standard InChI is InChI=1S/C14H18N4O2/c1-8(19)14-17-11-6-9(15)2-4-12(11)18(14)7-10-3-5-13(20)16-10/h2,4,6,8,10,19H,3,5,7,15H2,1H3,(H,16,20). The normalized spacial score (nSPS) is 20.3. The first kappa shape index (κ1) is 12.9. The summed E-state index contributed by atoms with van der Waals surface area (Å²) < 4.78 is 1.97. The van der Waals surface area contributed by atoms with E-state index in [2.05, 4.69) is 10.3 Å². The van der Waals surface area contributed by atoms with Gasteiger partial charge in [0.05, 0.1) is 11.0 Å². The summed E-state index contributed by atoms with van der Waals surface area (Å²) in [5.41, 5.74) is 8.11. The van der Waals surface area contributed by atoms with Gasteiger partial charge in [0.1, 0.15) is 11.9 Å². The maximum atomic E-state index is 11.3. The number of amides is 1. The number of benzene rings is 1. The van der Waals surface area contributed by atoms with Crippen LogP contribution in [0.15, 0.2) is 18.2 Å². The first-order valence-corrected chi connectivity index (χ1v) is 6.77. The fourth-order valence-electron chi connectivity index (χ4n) is 2.71. The fourth-order valence-corrected chi connectivity index (χ4v) is 2.71. The Morgan fingerprint density at radius 2 is 2.40 bits per heavy atom. The molecular weight excluding hydrogens is 256 g/mol. The number of hydrogen-bond donors (Lipinski definition) is 3. The molecule has 0 radical (unpaired) electrons. The summed E-state index contributed by atoms with van der Waals surface area (Å²) in [4.78, 5) is 15.8. The number of aromatic nitrogens is 2. The molecule has 6 nitrogen and oxygen atoms in total. The van der Waals surface area contributed by atoms with Gasteiger partial charge >= 0.3 is 0 Å². The van der Waals surface area contributed by atoms with Crippen LogP contribution >= 0.6 is 0 Å². The second-order valence-electron chi connectivity index (χ2n) is 5.31. The van der Waals surface area contributed by atoms with Crippen LogP contribution in [0.5, 0.6) is 0 Å². The molecule has 2 aromatic rings. The van der Waals surface area contributed by atoms with Gasteiger partial charge in [-0.25, -0.2) is 4.98 Å². The van der Waals surface area contributed by atoms with E-state index >= 15 is 0 Å². The van der Waals surface area contributed by atoms with Gasteiger partial charge in [-0.2, -0.15) is 0 Å². The summed E-state index contributed by atoms with van der Waals surface area (Å²) in [7, 11) is 0. The molecule has 2 heterocycles. The molecule has 2 atom stereocenters. The van der Waals surface area contributed by atoms with Crippen molar-refractivity contribution in [2.45, 2.75) is 38.5 Å². The molecule has 0 aliphatic carbocycles. The average Bonchev–Trinajstić information content (AvgIpc) is 2.94. The Hall–Kier alpha value is -2.08. The largest absolute Gasteiger partial charge is 0.399 e. The van der Waals surface area contributed by atoms with Gasteiger partial charge in [-0.05, 0) is 31.5 Å². The van der Waals surface area contributed by atoms with Gasteiger partial charge in [0.15, 0.2) is 0 Å². The molecule has 4 N–H and O–H groups in total. The molecule has 0 saturated carbocycles. The molecule has 1 fully saturated rings. The number of aliphatic hydroxyl groups excluding tert-OH is 1. The van der Waals surface area contributed by atoms with E-state index in [1.54, 1.807) is 13.0 Å². The molecule has 0 spiro atoms. The zero-order chi connectivity index (χ0) is 14.3. The number of carbonyl (C=O) groups is 1. The van der Waals surface area contributed by atoms with Crippen LogP contribution < -0.4 is 11.1 Å². The Labute approximate surface area is 116 Å². The maximum Gasteiger partial charge on any atom is 0.220 e. The van der Waals surface area contributed by atoms with E-state index in [0.717, 1.165) is 17.5 Å². The van der Waals surface area contributed by atoms with Crippen molar-refractivity contribution in [1.82, 2.24) is 14.9 Å². The third kappa shape index (κ3) is 2.22. The summed E-state index contributed by atoms with van der Waals surface area (Å²) in [5, 5.41) is 12.8. The zero-order valence-corrected chi connectivity index (χ0v) is 11.3. The Balaban J connectivity index is 2.02.